The number of aromatic nitrogens is 2. The van der Waals surface area contributed by atoms with Gasteiger partial charge in [0.2, 0.25) is 0 Å². The lowest BCUT2D eigenvalue weighted by atomic mass is 10.0. The van der Waals surface area contributed by atoms with Crippen LogP contribution in [0.25, 0.3) is 16.8 Å². The van der Waals surface area contributed by atoms with E-state index in [1.807, 2.05) is 6.07 Å². The van der Waals surface area contributed by atoms with Crippen molar-refractivity contribution in [1.82, 2.24) is 9.38 Å². The summed E-state index contributed by atoms with van der Waals surface area (Å²) in [6.07, 6.45) is 1.68. The third-order valence-electron chi connectivity index (χ3n) is 3.46. The first kappa shape index (κ1) is 13.1. The lowest BCUT2D eigenvalue weighted by Gasteiger charge is -2.08. The van der Waals surface area contributed by atoms with Gasteiger partial charge in [-0.05, 0) is 41.8 Å². The van der Waals surface area contributed by atoms with Crippen LogP contribution in [0.15, 0.2) is 36.5 Å². The molecule has 3 aromatic rings. The van der Waals surface area contributed by atoms with Crippen LogP contribution in [0, 0.1) is 12.7 Å². The van der Waals surface area contributed by atoms with Gasteiger partial charge in [-0.2, -0.15) is 0 Å². The van der Waals surface area contributed by atoms with Gasteiger partial charge in [0.05, 0.1) is 0 Å². The van der Waals surface area contributed by atoms with Gasteiger partial charge >= 0.3 is 0 Å². The average molecular weight is 284 g/mol. The molecule has 5 nitrogen and oxygen atoms in total. The Labute approximate surface area is 120 Å². The number of hydrogen-bond donors (Lipinski definition) is 2. The van der Waals surface area contributed by atoms with Crippen molar-refractivity contribution >= 4 is 17.4 Å². The number of nitrogen functional groups attached to an aromatic ring is 1. The number of benzene rings is 1. The smallest absolute Gasteiger partial charge is 0.269 e. The number of pyridine rings is 1. The Bertz CT molecular complexity index is 869. The molecule has 4 N–H and O–H groups in total. The first-order chi connectivity index (χ1) is 9.99. The maximum Gasteiger partial charge on any atom is 0.269 e. The number of nitrogens with two attached hydrogens (primary N) is 2. The van der Waals surface area contributed by atoms with Gasteiger partial charge in [-0.1, -0.05) is 12.1 Å². The van der Waals surface area contributed by atoms with Crippen LogP contribution in [-0.2, 0) is 0 Å². The molecule has 1 aromatic carbocycles. The quantitative estimate of drug-likeness (QED) is 0.755. The topological polar surface area (TPSA) is 86.4 Å². The number of amides is 1. The number of carbonyl (C=O) groups excluding carboxylic acids is 1. The molecule has 0 atom stereocenters. The molecule has 2 aromatic heterocycles. The number of rotatable bonds is 2. The standard InChI is InChI=1S/C15H13FN4O/c1-8-10(3-2-4-11(8)16)9-5-6-12-19-14(17)13(15(18)21)20(12)7-9/h2-7H,17H2,1H3,(H2,18,21). The summed E-state index contributed by atoms with van der Waals surface area (Å²) in [5.74, 6) is -0.864. The summed E-state index contributed by atoms with van der Waals surface area (Å²) in [5, 5.41) is 0. The summed E-state index contributed by atoms with van der Waals surface area (Å²) in [6, 6.07) is 8.36. The van der Waals surface area contributed by atoms with Crippen molar-refractivity contribution in [3.63, 3.8) is 0 Å². The summed E-state index contributed by atoms with van der Waals surface area (Å²) in [5.41, 5.74) is 13.7. The van der Waals surface area contributed by atoms with Crippen molar-refractivity contribution in [2.75, 3.05) is 5.73 Å². The molecule has 0 aliphatic carbocycles. The first-order valence-electron chi connectivity index (χ1n) is 6.32. The fourth-order valence-corrected chi connectivity index (χ4v) is 2.39. The van der Waals surface area contributed by atoms with Crippen LogP contribution in [0.2, 0.25) is 0 Å². The predicted molar refractivity (Wildman–Crippen MR) is 78.3 cm³/mol. The van der Waals surface area contributed by atoms with Crippen LogP contribution in [0.1, 0.15) is 16.1 Å². The number of imidazole rings is 1. The molecular weight excluding hydrogens is 271 g/mol. The van der Waals surface area contributed by atoms with Crippen LogP contribution in [0.3, 0.4) is 0 Å². The van der Waals surface area contributed by atoms with E-state index < -0.39 is 5.91 Å². The van der Waals surface area contributed by atoms with E-state index in [4.69, 9.17) is 11.5 Å². The number of nitrogens with zero attached hydrogens (tertiary/aromatic N) is 2. The number of halogens is 1. The molecule has 0 spiro atoms. The van der Waals surface area contributed by atoms with Crippen molar-refractivity contribution in [2.45, 2.75) is 6.92 Å². The van der Waals surface area contributed by atoms with Crippen molar-refractivity contribution in [3.8, 4) is 11.1 Å². The highest BCUT2D eigenvalue weighted by Crippen LogP contribution is 2.26. The fraction of sp³-hybridized carbons (Fsp3) is 0.0667. The molecule has 21 heavy (non-hydrogen) atoms. The minimum absolute atomic E-state index is 0.0793. The summed E-state index contributed by atoms with van der Waals surface area (Å²) in [6.45, 7) is 1.70. The summed E-state index contributed by atoms with van der Waals surface area (Å²) in [4.78, 5) is 15.6. The van der Waals surface area contributed by atoms with E-state index in [0.29, 0.717) is 11.2 Å². The van der Waals surface area contributed by atoms with Crippen molar-refractivity contribution < 1.29 is 9.18 Å². The molecule has 3 rings (SSSR count). The van der Waals surface area contributed by atoms with Gasteiger partial charge in [-0.25, -0.2) is 9.37 Å². The molecule has 0 bridgehead atoms. The van der Waals surface area contributed by atoms with E-state index in [1.54, 1.807) is 31.3 Å². The number of hydrogen-bond acceptors (Lipinski definition) is 3. The highest BCUT2D eigenvalue weighted by Gasteiger charge is 2.15. The van der Waals surface area contributed by atoms with Gasteiger partial charge in [0.15, 0.2) is 11.5 Å². The molecule has 0 aliphatic rings. The van der Waals surface area contributed by atoms with E-state index in [0.717, 1.165) is 11.1 Å². The van der Waals surface area contributed by atoms with Gasteiger partial charge in [-0.3, -0.25) is 9.20 Å². The Morgan fingerprint density at radius 2 is 2.05 bits per heavy atom. The zero-order valence-corrected chi connectivity index (χ0v) is 11.3. The van der Waals surface area contributed by atoms with E-state index in [1.165, 1.54) is 10.5 Å². The van der Waals surface area contributed by atoms with Gasteiger partial charge in [0, 0.05) is 6.20 Å². The Hall–Kier alpha value is -2.89. The Kier molecular flexibility index (Phi) is 2.86. The lowest BCUT2D eigenvalue weighted by Crippen LogP contribution is -2.15. The van der Waals surface area contributed by atoms with E-state index in [9.17, 15) is 9.18 Å². The summed E-state index contributed by atoms with van der Waals surface area (Å²) >= 11 is 0. The van der Waals surface area contributed by atoms with E-state index in [-0.39, 0.29) is 17.3 Å². The van der Waals surface area contributed by atoms with Crippen LogP contribution in [-0.4, -0.2) is 15.3 Å². The Morgan fingerprint density at radius 3 is 2.76 bits per heavy atom. The maximum atomic E-state index is 13.7. The second kappa shape index (κ2) is 4.59. The molecule has 0 saturated heterocycles. The number of carbonyl (C=O) groups is 1. The lowest BCUT2D eigenvalue weighted by molar-refractivity contribution is 0.0995. The SMILES string of the molecule is Cc1c(F)cccc1-c1ccc2nc(N)c(C(N)=O)n2c1. The molecule has 106 valence electrons. The molecule has 6 heteroatoms. The minimum Gasteiger partial charge on any atom is -0.382 e. The van der Waals surface area contributed by atoms with Gasteiger partial charge in [0.25, 0.3) is 5.91 Å². The van der Waals surface area contributed by atoms with Crippen molar-refractivity contribution in [2.24, 2.45) is 5.73 Å². The average Bonchev–Trinajstić information content (AvgIpc) is 2.76. The van der Waals surface area contributed by atoms with Crippen LogP contribution in [0.5, 0.6) is 0 Å². The van der Waals surface area contributed by atoms with Crippen LogP contribution >= 0.6 is 0 Å². The molecule has 2 heterocycles. The van der Waals surface area contributed by atoms with Gasteiger partial charge < -0.3 is 11.5 Å². The van der Waals surface area contributed by atoms with Crippen molar-refractivity contribution in [1.29, 1.82) is 0 Å². The monoisotopic (exact) mass is 284 g/mol. The maximum absolute atomic E-state index is 13.7. The highest BCUT2D eigenvalue weighted by molar-refractivity contribution is 5.96. The molecule has 1 amide bonds. The second-order valence-electron chi connectivity index (χ2n) is 4.77. The number of anilines is 1. The second-order valence-corrected chi connectivity index (χ2v) is 4.77. The molecule has 0 unspecified atom stereocenters. The molecule has 0 aliphatic heterocycles. The Balaban J connectivity index is 2.28. The van der Waals surface area contributed by atoms with Crippen molar-refractivity contribution in [3.05, 3.63) is 53.6 Å². The fourth-order valence-electron chi connectivity index (χ4n) is 2.39. The van der Waals surface area contributed by atoms with Gasteiger partial charge in [0.1, 0.15) is 11.5 Å². The first-order valence-corrected chi connectivity index (χ1v) is 6.32. The molecular formula is C15H13FN4O. The third-order valence-corrected chi connectivity index (χ3v) is 3.46. The van der Waals surface area contributed by atoms with E-state index >= 15 is 0 Å². The number of primary amides is 1. The van der Waals surface area contributed by atoms with Crippen LogP contribution in [0.4, 0.5) is 10.2 Å². The van der Waals surface area contributed by atoms with Gasteiger partial charge in [-0.15, -0.1) is 0 Å². The zero-order valence-electron chi connectivity index (χ0n) is 11.3. The van der Waals surface area contributed by atoms with E-state index in [2.05, 4.69) is 4.98 Å². The molecule has 0 fully saturated rings. The largest absolute Gasteiger partial charge is 0.382 e. The number of fused-ring (bicyclic) bond motifs is 1. The molecule has 0 saturated carbocycles. The highest BCUT2D eigenvalue weighted by atomic mass is 19.1. The normalized spacial score (nSPS) is 11.0. The molecule has 0 radical (unpaired) electrons. The third kappa shape index (κ3) is 2.01. The Morgan fingerprint density at radius 1 is 1.29 bits per heavy atom. The summed E-state index contributed by atoms with van der Waals surface area (Å²) in [7, 11) is 0. The minimum atomic E-state index is -0.659. The summed E-state index contributed by atoms with van der Waals surface area (Å²) < 4.78 is 15.2. The van der Waals surface area contributed by atoms with Crippen LogP contribution < -0.4 is 11.5 Å². The predicted octanol–water partition coefficient (Wildman–Crippen LogP) is 2.13. The zero-order chi connectivity index (χ0) is 15.1.